The summed E-state index contributed by atoms with van der Waals surface area (Å²) in [7, 11) is 1.60. The fourth-order valence-corrected chi connectivity index (χ4v) is 2.35. The molecule has 0 aliphatic heterocycles. The molecule has 4 aromatic rings. The zero-order valence-electron chi connectivity index (χ0n) is 13.2. The first-order chi connectivity index (χ1) is 12.3. The quantitative estimate of drug-likeness (QED) is 0.569. The third-order valence-electron chi connectivity index (χ3n) is 3.55. The van der Waals surface area contributed by atoms with Crippen molar-refractivity contribution >= 4 is 0 Å². The van der Waals surface area contributed by atoms with Crippen molar-refractivity contribution in [3.05, 3.63) is 54.0 Å². The maximum absolute atomic E-state index is 5.46. The molecular formula is C15H13N9O. The minimum atomic E-state index is 0.454. The van der Waals surface area contributed by atoms with E-state index in [9.17, 15) is 0 Å². The van der Waals surface area contributed by atoms with E-state index in [-0.39, 0.29) is 0 Å². The molecule has 4 rings (SSSR count). The van der Waals surface area contributed by atoms with Crippen molar-refractivity contribution < 1.29 is 4.74 Å². The molecule has 0 atom stereocenters. The van der Waals surface area contributed by atoms with Crippen molar-refractivity contribution in [1.82, 2.24) is 45.8 Å². The van der Waals surface area contributed by atoms with Gasteiger partial charge in [0.2, 0.25) is 5.82 Å². The van der Waals surface area contributed by atoms with Gasteiger partial charge in [0.15, 0.2) is 5.82 Å². The molecule has 3 aromatic heterocycles. The first kappa shape index (κ1) is 14.9. The smallest absolute Gasteiger partial charge is 0.223 e. The van der Waals surface area contributed by atoms with Crippen LogP contribution in [0.25, 0.3) is 17.2 Å². The summed E-state index contributed by atoms with van der Waals surface area (Å²) in [6.07, 6.45) is 2.19. The van der Waals surface area contributed by atoms with E-state index in [1.807, 2.05) is 36.4 Å². The van der Waals surface area contributed by atoms with E-state index in [4.69, 9.17) is 4.74 Å². The highest BCUT2D eigenvalue weighted by Gasteiger charge is 2.12. The standard InChI is InChI=1S/C15H13N9O/c1-25-13-9-11(6-5-10(13)8-14-17-21-22-18-14)24-20-15(19-23-24)12-4-2-3-7-16-12/h2-7,9H,8H2,1H3,(H,17,18,21,22). The third-order valence-corrected chi connectivity index (χ3v) is 3.55. The van der Waals surface area contributed by atoms with Crippen LogP contribution in [0.15, 0.2) is 42.6 Å². The lowest BCUT2D eigenvalue weighted by molar-refractivity contribution is 0.409. The summed E-state index contributed by atoms with van der Waals surface area (Å²) < 4.78 is 5.46. The molecule has 25 heavy (non-hydrogen) atoms. The average molecular weight is 335 g/mol. The van der Waals surface area contributed by atoms with Gasteiger partial charge in [-0.05, 0) is 23.4 Å². The monoisotopic (exact) mass is 335 g/mol. The predicted octanol–water partition coefficient (Wildman–Crippen LogP) is 0.837. The molecule has 0 saturated carbocycles. The van der Waals surface area contributed by atoms with Crippen LogP contribution in [-0.2, 0) is 6.42 Å². The number of hydrogen-bond acceptors (Lipinski definition) is 8. The molecule has 3 heterocycles. The number of benzene rings is 1. The van der Waals surface area contributed by atoms with Gasteiger partial charge in [-0.2, -0.15) is 5.21 Å². The lowest BCUT2D eigenvalue weighted by Gasteiger charge is -2.08. The molecule has 1 N–H and O–H groups in total. The Balaban J connectivity index is 1.64. The second-order valence-corrected chi connectivity index (χ2v) is 5.12. The maximum atomic E-state index is 5.46. The van der Waals surface area contributed by atoms with Crippen LogP contribution in [0, 0.1) is 0 Å². The Hall–Kier alpha value is -3.69. The molecule has 1 aromatic carbocycles. The van der Waals surface area contributed by atoms with Gasteiger partial charge >= 0.3 is 0 Å². The summed E-state index contributed by atoms with van der Waals surface area (Å²) in [5.74, 6) is 1.72. The number of nitrogens with one attached hydrogen (secondary N) is 1. The molecular weight excluding hydrogens is 322 g/mol. The number of pyridine rings is 1. The van der Waals surface area contributed by atoms with Gasteiger partial charge in [0.25, 0.3) is 0 Å². The summed E-state index contributed by atoms with van der Waals surface area (Å²) in [6.45, 7) is 0. The van der Waals surface area contributed by atoms with E-state index in [2.05, 4.69) is 41.0 Å². The number of H-pyrrole nitrogens is 1. The Morgan fingerprint density at radius 2 is 2.12 bits per heavy atom. The fraction of sp³-hybridized carbons (Fsp3) is 0.133. The van der Waals surface area contributed by atoms with E-state index >= 15 is 0 Å². The van der Waals surface area contributed by atoms with Gasteiger partial charge in [-0.3, -0.25) is 4.98 Å². The van der Waals surface area contributed by atoms with Gasteiger partial charge in [-0.1, -0.05) is 17.3 Å². The lowest BCUT2D eigenvalue weighted by atomic mass is 10.1. The Morgan fingerprint density at radius 3 is 2.88 bits per heavy atom. The highest BCUT2D eigenvalue weighted by Crippen LogP contribution is 2.23. The van der Waals surface area contributed by atoms with Crippen LogP contribution in [-0.4, -0.2) is 52.9 Å². The van der Waals surface area contributed by atoms with Crippen molar-refractivity contribution in [2.75, 3.05) is 7.11 Å². The van der Waals surface area contributed by atoms with Crippen LogP contribution in [0.5, 0.6) is 5.75 Å². The summed E-state index contributed by atoms with van der Waals surface area (Å²) in [6, 6.07) is 11.2. The predicted molar refractivity (Wildman–Crippen MR) is 85.9 cm³/mol. The highest BCUT2D eigenvalue weighted by atomic mass is 16.5. The van der Waals surface area contributed by atoms with Crippen molar-refractivity contribution in [2.24, 2.45) is 0 Å². The largest absolute Gasteiger partial charge is 0.496 e. The number of aromatic nitrogens is 9. The van der Waals surface area contributed by atoms with Gasteiger partial charge in [-0.15, -0.1) is 25.2 Å². The van der Waals surface area contributed by atoms with Crippen LogP contribution in [0.2, 0.25) is 0 Å². The first-order valence-corrected chi connectivity index (χ1v) is 7.44. The Morgan fingerprint density at radius 1 is 1.16 bits per heavy atom. The van der Waals surface area contributed by atoms with Crippen LogP contribution in [0.3, 0.4) is 0 Å². The topological polar surface area (TPSA) is 120 Å². The van der Waals surface area contributed by atoms with Gasteiger partial charge in [-0.25, -0.2) is 0 Å². The Labute approximate surface area is 141 Å². The molecule has 0 saturated heterocycles. The van der Waals surface area contributed by atoms with E-state index in [0.717, 1.165) is 11.3 Å². The minimum Gasteiger partial charge on any atom is -0.496 e. The van der Waals surface area contributed by atoms with Gasteiger partial charge in [0, 0.05) is 24.2 Å². The Kier molecular flexibility index (Phi) is 3.83. The van der Waals surface area contributed by atoms with Crippen molar-refractivity contribution in [1.29, 1.82) is 0 Å². The highest BCUT2D eigenvalue weighted by molar-refractivity contribution is 5.48. The molecule has 10 nitrogen and oxygen atoms in total. The fourth-order valence-electron chi connectivity index (χ4n) is 2.35. The normalized spacial score (nSPS) is 10.8. The number of ether oxygens (including phenoxy) is 1. The Bertz CT molecular complexity index is 966. The minimum absolute atomic E-state index is 0.454. The van der Waals surface area contributed by atoms with E-state index in [1.54, 1.807) is 13.3 Å². The molecule has 0 radical (unpaired) electrons. The van der Waals surface area contributed by atoms with Crippen LogP contribution in [0.4, 0.5) is 0 Å². The lowest BCUT2D eigenvalue weighted by Crippen LogP contribution is -2.02. The van der Waals surface area contributed by atoms with Crippen molar-refractivity contribution in [2.45, 2.75) is 6.42 Å². The average Bonchev–Trinajstić information content (AvgIpc) is 3.35. The van der Waals surface area contributed by atoms with Crippen LogP contribution < -0.4 is 4.74 Å². The molecule has 124 valence electrons. The van der Waals surface area contributed by atoms with Crippen LogP contribution >= 0.6 is 0 Å². The van der Waals surface area contributed by atoms with Crippen molar-refractivity contribution in [3.8, 4) is 23.0 Å². The van der Waals surface area contributed by atoms with Gasteiger partial charge < -0.3 is 4.74 Å². The van der Waals surface area contributed by atoms with Gasteiger partial charge in [0.1, 0.15) is 11.4 Å². The second kappa shape index (κ2) is 6.43. The number of tetrazole rings is 2. The molecule has 0 unspecified atom stereocenters. The summed E-state index contributed by atoms with van der Waals surface area (Å²) in [4.78, 5) is 5.65. The third kappa shape index (κ3) is 3.04. The van der Waals surface area contributed by atoms with E-state index < -0.39 is 0 Å². The maximum Gasteiger partial charge on any atom is 0.223 e. The molecule has 0 bridgehead atoms. The molecule has 10 heteroatoms. The second-order valence-electron chi connectivity index (χ2n) is 5.12. The first-order valence-electron chi connectivity index (χ1n) is 7.44. The SMILES string of the molecule is COc1cc(-n2nnc(-c3ccccn3)n2)ccc1Cc1nn[nH]n1. The number of hydrogen-bond donors (Lipinski definition) is 1. The number of rotatable bonds is 5. The van der Waals surface area contributed by atoms with Crippen LogP contribution in [0.1, 0.15) is 11.4 Å². The number of methoxy groups -OCH3 is 1. The molecule has 0 amide bonds. The number of nitrogens with zero attached hydrogens (tertiary/aromatic N) is 8. The van der Waals surface area contributed by atoms with E-state index in [0.29, 0.717) is 29.5 Å². The summed E-state index contributed by atoms with van der Waals surface area (Å²) in [5.41, 5.74) is 2.32. The number of aromatic amines is 1. The van der Waals surface area contributed by atoms with E-state index in [1.165, 1.54) is 4.80 Å². The molecule has 0 fully saturated rings. The zero-order chi connectivity index (χ0) is 17.1. The summed E-state index contributed by atoms with van der Waals surface area (Å²) in [5, 5.41) is 26.4. The van der Waals surface area contributed by atoms with Crippen molar-refractivity contribution in [3.63, 3.8) is 0 Å². The summed E-state index contributed by atoms with van der Waals surface area (Å²) >= 11 is 0. The molecule has 0 aliphatic carbocycles. The zero-order valence-corrected chi connectivity index (χ0v) is 13.2. The molecule has 0 aliphatic rings. The molecule has 0 spiro atoms. The van der Waals surface area contributed by atoms with Gasteiger partial charge in [0.05, 0.1) is 12.8 Å².